The molecule has 1 aromatic heterocycles. The molecule has 30 heavy (non-hydrogen) atoms. The number of hydrogen-bond donors (Lipinski definition) is 1. The highest BCUT2D eigenvalue weighted by Crippen LogP contribution is 2.32. The lowest BCUT2D eigenvalue weighted by Gasteiger charge is -2.33. The van der Waals surface area contributed by atoms with E-state index in [1.54, 1.807) is 36.3 Å². The summed E-state index contributed by atoms with van der Waals surface area (Å²) in [6, 6.07) is 17.9. The molecule has 0 unspecified atom stereocenters. The van der Waals surface area contributed by atoms with E-state index in [1.165, 1.54) is 0 Å². The second-order valence-corrected chi connectivity index (χ2v) is 7.43. The van der Waals surface area contributed by atoms with Crippen LogP contribution in [-0.4, -0.2) is 18.9 Å². The van der Waals surface area contributed by atoms with Crippen LogP contribution in [0.25, 0.3) is 0 Å². The van der Waals surface area contributed by atoms with E-state index >= 15 is 0 Å². The van der Waals surface area contributed by atoms with E-state index in [0.29, 0.717) is 11.4 Å². The molecule has 2 heterocycles. The number of fused-ring (bicyclic) bond motifs is 1. The van der Waals surface area contributed by atoms with E-state index in [0.717, 1.165) is 22.5 Å². The molecular weight excluding hydrogens is 378 g/mol. The van der Waals surface area contributed by atoms with Gasteiger partial charge in [-0.1, -0.05) is 23.8 Å². The summed E-state index contributed by atoms with van der Waals surface area (Å²) < 4.78 is 7.01. The monoisotopic (exact) mass is 402 g/mol. The zero-order valence-corrected chi connectivity index (χ0v) is 17.3. The second kappa shape index (κ2) is 7.99. The van der Waals surface area contributed by atoms with Gasteiger partial charge < -0.3 is 10.1 Å². The maximum Gasteiger partial charge on any atom is 0.294 e. The highest BCUT2D eigenvalue weighted by Gasteiger charge is 2.44. The van der Waals surface area contributed by atoms with Gasteiger partial charge in [0.15, 0.2) is 6.20 Å². The van der Waals surface area contributed by atoms with E-state index in [9.17, 15) is 9.59 Å². The third-order valence-corrected chi connectivity index (χ3v) is 5.31. The van der Waals surface area contributed by atoms with Crippen molar-refractivity contribution in [3.8, 4) is 5.75 Å². The molecule has 0 spiro atoms. The summed E-state index contributed by atoms with van der Waals surface area (Å²) in [5, 5.41) is 2.95. The third kappa shape index (κ3) is 3.64. The largest absolute Gasteiger partial charge is 0.497 e. The molecule has 0 bridgehead atoms. The third-order valence-electron chi connectivity index (χ3n) is 5.31. The van der Waals surface area contributed by atoms with Crippen molar-refractivity contribution >= 4 is 23.2 Å². The SMILES string of the molecule is COc1ccc(NC(=O)[C@H]2c3cccc[n+]3CC(=O)N2c2ccc(C)cc2C)cc1. The smallest absolute Gasteiger partial charge is 0.294 e. The first kappa shape index (κ1) is 19.6. The number of pyridine rings is 1. The van der Waals surface area contributed by atoms with Crippen LogP contribution in [0.1, 0.15) is 22.9 Å². The molecule has 1 N–H and O–H groups in total. The first-order chi connectivity index (χ1) is 14.5. The van der Waals surface area contributed by atoms with Crippen LogP contribution >= 0.6 is 0 Å². The van der Waals surface area contributed by atoms with Crippen molar-refractivity contribution in [2.24, 2.45) is 0 Å². The molecule has 6 nitrogen and oxygen atoms in total. The zero-order chi connectivity index (χ0) is 21.3. The normalized spacial score (nSPS) is 15.5. The Labute approximate surface area is 175 Å². The van der Waals surface area contributed by atoms with Gasteiger partial charge in [0, 0.05) is 23.5 Å². The number of aryl methyl sites for hydroxylation is 2. The number of ether oxygens (including phenoxy) is 1. The molecule has 3 aromatic rings. The average molecular weight is 402 g/mol. The van der Waals surface area contributed by atoms with Crippen LogP contribution in [0.15, 0.2) is 66.9 Å². The number of methoxy groups -OCH3 is 1. The molecular formula is C24H24N3O3+. The Balaban J connectivity index is 1.76. The summed E-state index contributed by atoms with van der Waals surface area (Å²) >= 11 is 0. The quantitative estimate of drug-likeness (QED) is 0.681. The Morgan fingerprint density at radius 3 is 2.57 bits per heavy atom. The molecule has 1 atom stereocenters. The molecule has 0 fully saturated rings. The molecule has 152 valence electrons. The van der Waals surface area contributed by atoms with Gasteiger partial charge in [-0.05, 0) is 49.7 Å². The second-order valence-electron chi connectivity index (χ2n) is 7.43. The number of rotatable bonds is 4. The van der Waals surface area contributed by atoms with E-state index in [4.69, 9.17) is 4.74 Å². The predicted octanol–water partition coefficient (Wildman–Crippen LogP) is 3.33. The lowest BCUT2D eigenvalue weighted by atomic mass is 10.0. The minimum absolute atomic E-state index is 0.125. The first-order valence-corrected chi connectivity index (χ1v) is 9.80. The van der Waals surface area contributed by atoms with Crippen molar-refractivity contribution in [2.45, 2.75) is 26.4 Å². The maximum atomic E-state index is 13.4. The number of hydrogen-bond acceptors (Lipinski definition) is 3. The molecule has 0 saturated carbocycles. The minimum atomic E-state index is -0.782. The van der Waals surface area contributed by atoms with E-state index in [2.05, 4.69) is 5.32 Å². The van der Waals surface area contributed by atoms with E-state index in [1.807, 2.05) is 61.0 Å². The van der Waals surface area contributed by atoms with Gasteiger partial charge >= 0.3 is 0 Å². The number of benzene rings is 2. The standard InChI is InChI=1S/C24H23N3O3/c1-16-7-12-20(17(2)14-16)27-22(28)15-26-13-5-4-6-21(26)23(27)24(29)25-18-8-10-19(30-3)11-9-18/h4-14,23H,15H2,1-3H3/p+1/t23-/m1/s1. The van der Waals surface area contributed by atoms with Gasteiger partial charge in [0.2, 0.25) is 18.3 Å². The fraction of sp³-hybridized carbons (Fsp3) is 0.208. The molecule has 0 radical (unpaired) electrons. The maximum absolute atomic E-state index is 13.4. The van der Waals surface area contributed by atoms with Crippen molar-refractivity contribution in [3.63, 3.8) is 0 Å². The van der Waals surface area contributed by atoms with Crippen LogP contribution in [0.3, 0.4) is 0 Å². The summed E-state index contributed by atoms with van der Waals surface area (Å²) in [4.78, 5) is 28.2. The van der Waals surface area contributed by atoms with Crippen molar-refractivity contribution in [1.29, 1.82) is 0 Å². The topological polar surface area (TPSA) is 62.5 Å². The van der Waals surface area contributed by atoms with Gasteiger partial charge in [-0.3, -0.25) is 14.5 Å². The van der Waals surface area contributed by atoms with Gasteiger partial charge in [0.1, 0.15) is 5.75 Å². The van der Waals surface area contributed by atoms with Crippen LogP contribution in [-0.2, 0) is 16.1 Å². The van der Waals surface area contributed by atoms with Crippen molar-refractivity contribution in [2.75, 3.05) is 17.3 Å². The molecule has 0 saturated heterocycles. The Morgan fingerprint density at radius 2 is 1.87 bits per heavy atom. The number of nitrogens with one attached hydrogen (secondary N) is 1. The van der Waals surface area contributed by atoms with Gasteiger partial charge in [-0.2, -0.15) is 4.57 Å². The minimum Gasteiger partial charge on any atom is -0.497 e. The van der Waals surface area contributed by atoms with Crippen molar-refractivity contribution in [1.82, 2.24) is 0 Å². The van der Waals surface area contributed by atoms with E-state index < -0.39 is 6.04 Å². The van der Waals surface area contributed by atoms with E-state index in [-0.39, 0.29) is 18.4 Å². The molecule has 6 heteroatoms. The number of amides is 2. The van der Waals surface area contributed by atoms with Gasteiger partial charge in [0.25, 0.3) is 11.8 Å². The molecule has 0 aliphatic carbocycles. The summed E-state index contributed by atoms with van der Waals surface area (Å²) in [5.74, 6) is 0.312. The number of anilines is 2. The fourth-order valence-corrected chi connectivity index (χ4v) is 3.87. The Kier molecular flexibility index (Phi) is 5.23. The molecule has 4 rings (SSSR count). The molecule has 1 aliphatic heterocycles. The highest BCUT2D eigenvalue weighted by molar-refractivity contribution is 6.05. The van der Waals surface area contributed by atoms with Crippen molar-refractivity contribution in [3.05, 3.63) is 83.7 Å². The van der Waals surface area contributed by atoms with Crippen LogP contribution in [0.2, 0.25) is 0 Å². The summed E-state index contributed by atoms with van der Waals surface area (Å²) in [7, 11) is 1.59. The summed E-state index contributed by atoms with van der Waals surface area (Å²) in [6.45, 7) is 4.16. The Bertz CT molecular complexity index is 1110. The van der Waals surface area contributed by atoms with Crippen LogP contribution in [0.5, 0.6) is 5.75 Å². The Hall–Kier alpha value is -3.67. The average Bonchev–Trinajstić information content (AvgIpc) is 2.74. The Morgan fingerprint density at radius 1 is 1.10 bits per heavy atom. The van der Waals surface area contributed by atoms with Crippen LogP contribution in [0.4, 0.5) is 11.4 Å². The van der Waals surface area contributed by atoms with Crippen LogP contribution < -0.4 is 19.5 Å². The zero-order valence-electron chi connectivity index (χ0n) is 17.3. The predicted molar refractivity (Wildman–Crippen MR) is 114 cm³/mol. The lowest BCUT2D eigenvalue weighted by molar-refractivity contribution is -0.695. The molecule has 2 aromatic carbocycles. The number of nitrogens with zero attached hydrogens (tertiary/aromatic N) is 2. The number of carbonyl (C=O) groups is 2. The first-order valence-electron chi connectivity index (χ1n) is 9.80. The summed E-state index contributed by atoms with van der Waals surface area (Å²) in [6.07, 6.45) is 1.83. The lowest BCUT2D eigenvalue weighted by Crippen LogP contribution is -2.58. The number of carbonyl (C=O) groups excluding carboxylic acids is 2. The fourth-order valence-electron chi connectivity index (χ4n) is 3.87. The number of aromatic nitrogens is 1. The van der Waals surface area contributed by atoms with Gasteiger partial charge in [0.05, 0.1) is 7.11 Å². The highest BCUT2D eigenvalue weighted by atomic mass is 16.5. The van der Waals surface area contributed by atoms with Gasteiger partial charge in [-0.15, -0.1) is 0 Å². The molecule has 2 amide bonds. The van der Waals surface area contributed by atoms with Crippen LogP contribution in [0, 0.1) is 13.8 Å². The summed E-state index contributed by atoms with van der Waals surface area (Å²) in [5.41, 5.74) is 4.21. The van der Waals surface area contributed by atoms with Crippen molar-refractivity contribution < 1.29 is 18.9 Å². The van der Waals surface area contributed by atoms with Gasteiger partial charge in [-0.25, -0.2) is 0 Å². The molecule has 1 aliphatic rings.